The molecule has 4 nitrogen and oxygen atoms in total. The number of sulfonamides is 1. The van der Waals surface area contributed by atoms with E-state index in [9.17, 15) is 34.8 Å². The van der Waals surface area contributed by atoms with E-state index in [4.69, 9.17) is 0 Å². The van der Waals surface area contributed by atoms with E-state index in [-0.39, 0.29) is 35.3 Å². The fourth-order valence-electron chi connectivity index (χ4n) is 1.76. The number of rotatable bonds is 4. The topological polar surface area (TPSA) is 55.4 Å². The summed E-state index contributed by atoms with van der Waals surface area (Å²) in [6, 6.07) is 2.56. The molecule has 0 aliphatic heterocycles. The predicted octanol–water partition coefficient (Wildman–Crippen LogP) is 2.68. The molecule has 2 aromatic rings. The Hall–Kier alpha value is -1.43. The molecule has 0 aliphatic carbocycles. The molecular formula is C13H8F6NNaO3S. The minimum absolute atomic E-state index is 0. The second kappa shape index (κ2) is 7.85. The van der Waals surface area contributed by atoms with Gasteiger partial charge in [-0.2, -0.15) is 0 Å². The van der Waals surface area contributed by atoms with E-state index in [0.717, 1.165) is 19.2 Å². The summed E-state index contributed by atoms with van der Waals surface area (Å²) in [7, 11) is -4.09. The summed E-state index contributed by atoms with van der Waals surface area (Å²) < 4.78 is 110. The van der Waals surface area contributed by atoms with E-state index in [1.54, 1.807) is 0 Å². The normalized spacial score (nSPS) is 11.0. The van der Waals surface area contributed by atoms with E-state index >= 15 is 0 Å². The van der Waals surface area contributed by atoms with Crippen LogP contribution in [-0.4, -0.2) is 45.1 Å². The second-order valence-electron chi connectivity index (χ2n) is 4.35. The number of nitrogens with one attached hydrogen (secondary N) is 1. The molecule has 132 valence electrons. The van der Waals surface area contributed by atoms with Gasteiger partial charge in [-0.25, -0.2) is 34.8 Å². The number of halogens is 6. The van der Waals surface area contributed by atoms with Gasteiger partial charge in [-0.15, -0.1) is 0 Å². The zero-order valence-corrected chi connectivity index (χ0v) is 12.4. The van der Waals surface area contributed by atoms with Crippen LogP contribution < -0.4 is 9.46 Å². The fraction of sp³-hybridized carbons (Fsp3) is 0.0769. The van der Waals surface area contributed by atoms with Crippen molar-refractivity contribution < 1.29 is 39.5 Å². The van der Waals surface area contributed by atoms with Crippen LogP contribution in [0.3, 0.4) is 0 Å². The summed E-state index contributed by atoms with van der Waals surface area (Å²) in [6.45, 7) is 0. The molecule has 0 spiro atoms. The zero-order chi connectivity index (χ0) is 18.2. The molecule has 2 aromatic carbocycles. The number of benzene rings is 2. The van der Waals surface area contributed by atoms with Crippen molar-refractivity contribution in [2.24, 2.45) is 0 Å². The van der Waals surface area contributed by atoms with Crippen LogP contribution >= 0.6 is 0 Å². The SMILES string of the molecule is COc1ccc(NS(=O)(=O)c2c(F)c(F)c(F)c(F)c2F)cc1F.[NaH]. The van der Waals surface area contributed by atoms with Crippen molar-refractivity contribution in [2.75, 3.05) is 11.8 Å². The first-order valence-electron chi connectivity index (χ1n) is 5.98. The van der Waals surface area contributed by atoms with Crippen LogP contribution in [0.1, 0.15) is 0 Å². The first-order valence-corrected chi connectivity index (χ1v) is 7.46. The monoisotopic (exact) mass is 395 g/mol. The van der Waals surface area contributed by atoms with E-state index in [2.05, 4.69) is 4.74 Å². The number of ether oxygens (including phenoxy) is 1. The van der Waals surface area contributed by atoms with Crippen molar-refractivity contribution in [1.82, 2.24) is 0 Å². The van der Waals surface area contributed by atoms with Crippen molar-refractivity contribution in [3.8, 4) is 5.75 Å². The van der Waals surface area contributed by atoms with Crippen molar-refractivity contribution in [2.45, 2.75) is 4.90 Å². The Kier molecular flexibility index (Phi) is 6.79. The summed E-state index contributed by atoms with van der Waals surface area (Å²) in [5.41, 5.74) is -0.516. The molecule has 0 aliphatic rings. The first-order chi connectivity index (χ1) is 11.1. The predicted molar refractivity (Wildman–Crippen MR) is 77.1 cm³/mol. The second-order valence-corrected chi connectivity index (χ2v) is 5.97. The Balaban J connectivity index is 0.00000312. The molecule has 0 saturated heterocycles. The quantitative estimate of drug-likeness (QED) is 0.375. The van der Waals surface area contributed by atoms with Gasteiger partial charge in [-0.1, -0.05) is 0 Å². The molecule has 2 rings (SSSR count). The van der Waals surface area contributed by atoms with Gasteiger partial charge in [-0.3, -0.25) is 4.72 Å². The van der Waals surface area contributed by atoms with Gasteiger partial charge in [0.25, 0.3) is 10.0 Å². The average molecular weight is 395 g/mol. The van der Waals surface area contributed by atoms with Crippen LogP contribution in [0.4, 0.5) is 32.0 Å². The van der Waals surface area contributed by atoms with E-state index in [1.165, 1.54) is 4.72 Å². The Morgan fingerprint density at radius 3 is 1.80 bits per heavy atom. The molecule has 0 radical (unpaired) electrons. The van der Waals surface area contributed by atoms with Gasteiger partial charge in [0.1, 0.15) is 0 Å². The van der Waals surface area contributed by atoms with Crippen LogP contribution in [0, 0.1) is 34.9 Å². The average Bonchev–Trinajstić information content (AvgIpc) is 2.50. The Labute approximate surface area is 160 Å². The molecular weight excluding hydrogens is 387 g/mol. The van der Waals surface area contributed by atoms with E-state index in [0.29, 0.717) is 6.07 Å². The maximum atomic E-state index is 13.6. The molecule has 0 bridgehead atoms. The number of hydrogen-bond acceptors (Lipinski definition) is 3. The molecule has 0 heterocycles. The van der Waals surface area contributed by atoms with Crippen LogP contribution in [0.2, 0.25) is 0 Å². The van der Waals surface area contributed by atoms with Gasteiger partial charge < -0.3 is 4.74 Å². The summed E-state index contributed by atoms with van der Waals surface area (Å²) in [4.78, 5) is -2.07. The number of methoxy groups -OCH3 is 1. The van der Waals surface area contributed by atoms with Crippen molar-refractivity contribution in [1.29, 1.82) is 0 Å². The summed E-state index contributed by atoms with van der Waals surface area (Å²) in [6.07, 6.45) is 0. The van der Waals surface area contributed by atoms with Crippen LogP contribution in [-0.2, 0) is 10.0 Å². The van der Waals surface area contributed by atoms with Gasteiger partial charge in [0, 0.05) is 6.07 Å². The molecule has 0 atom stereocenters. The molecule has 0 unspecified atom stereocenters. The molecule has 0 fully saturated rings. The summed E-state index contributed by atoms with van der Waals surface area (Å²) in [5.74, 6) is -13.7. The van der Waals surface area contributed by atoms with Crippen molar-refractivity contribution in [3.05, 3.63) is 53.1 Å². The number of anilines is 1. The molecule has 25 heavy (non-hydrogen) atoms. The molecule has 0 saturated carbocycles. The minimum atomic E-state index is -5.23. The van der Waals surface area contributed by atoms with Gasteiger partial charge in [0.2, 0.25) is 5.82 Å². The molecule has 1 N–H and O–H groups in total. The van der Waals surface area contributed by atoms with Gasteiger partial charge in [-0.05, 0) is 12.1 Å². The van der Waals surface area contributed by atoms with Crippen LogP contribution in [0.15, 0.2) is 23.1 Å². The summed E-state index contributed by atoms with van der Waals surface area (Å²) in [5, 5.41) is 0. The Morgan fingerprint density at radius 2 is 1.36 bits per heavy atom. The van der Waals surface area contributed by atoms with E-state index in [1.807, 2.05) is 0 Å². The third kappa shape index (κ3) is 4.05. The van der Waals surface area contributed by atoms with Gasteiger partial charge in [0.05, 0.1) is 12.8 Å². The molecule has 0 aromatic heterocycles. The first kappa shape index (κ1) is 21.6. The Morgan fingerprint density at radius 1 is 0.880 bits per heavy atom. The zero-order valence-electron chi connectivity index (χ0n) is 11.6. The van der Waals surface area contributed by atoms with Crippen molar-refractivity contribution in [3.63, 3.8) is 0 Å². The van der Waals surface area contributed by atoms with E-state index < -0.39 is 55.5 Å². The van der Waals surface area contributed by atoms with Gasteiger partial charge in [0.15, 0.2) is 39.7 Å². The van der Waals surface area contributed by atoms with Crippen molar-refractivity contribution >= 4 is 45.3 Å². The Bertz CT molecular complexity index is 893. The standard InChI is InChI=1S/C13H7F6NO3S.Na.H/c1-23-7-3-2-5(4-6(7)14)20-24(21,22)13-11(18)9(16)8(15)10(17)12(13)19;;/h2-4,20H,1H3;;. The fourth-order valence-corrected chi connectivity index (χ4v) is 2.95. The molecule has 0 amide bonds. The van der Waals surface area contributed by atoms with Gasteiger partial charge >= 0.3 is 29.6 Å². The number of hydrogen-bond donors (Lipinski definition) is 1. The third-order valence-corrected chi connectivity index (χ3v) is 4.24. The summed E-state index contributed by atoms with van der Waals surface area (Å²) >= 11 is 0. The molecule has 12 heteroatoms. The van der Waals surface area contributed by atoms with Crippen LogP contribution in [0.25, 0.3) is 0 Å². The maximum absolute atomic E-state index is 13.6. The third-order valence-electron chi connectivity index (χ3n) is 2.84. The van der Waals surface area contributed by atoms with Crippen LogP contribution in [0.5, 0.6) is 5.75 Å².